The molecule has 2 nitrogen and oxygen atoms in total. The fourth-order valence-electron chi connectivity index (χ4n) is 2.20. The fraction of sp³-hybridized carbons (Fsp3) is 0.353. The number of aromatic nitrogens is 1. The molecule has 0 fully saturated rings. The Morgan fingerprint density at radius 2 is 1.80 bits per heavy atom. The van der Waals surface area contributed by atoms with Gasteiger partial charge in [-0.2, -0.15) is 0 Å². The SMILES string of the molecule is Cc1ccc(CC(NC(C)C)c2ccc(F)cn2)cc1. The van der Waals surface area contributed by atoms with Gasteiger partial charge in [0.05, 0.1) is 17.9 Å². The molecule has 0 spiro atoms. The predicted octanol–water partition coefficient (Wildman–Crippen LogP) is 3.81. The van der Waals surface area contributed by atoms with Crippen LogP contribution in [0.5, 0.6) is 0 Å². The number of halogens is 1. The Kier molecular flexibility index (Phi) is 4.85. The molecule has 0 aliphatic carbocycles. The molecule has 0 saturated heterocycles. The highest BCUT2D eigenvalue weighted by Crippen LogP contribution is 2.18. The van der Waals surface area contributed by atoms with Crippen molar-refractivity contribution in [3.8, 4) is 0 Å². The molecular weight excluding hydrogens is 251 g/mol. The van der Waals surface area contributed by atoms with Crippen molar-refractivity contribution < 1.29 is 4.39 Å². The normalized spacial score (nSPS) is 12.7. The third kappa shape index (κ3) is 4.14. The summed E-state index contributed by atoms with van der Waals surface area (Å²) < 4.78 is 13.0. The number of hydrogen-bond donors (Lipinski definition) is 1. The third-order valence-corrected chi connectivity index (χ3v) is 3.20. The molecule has 106 valence electrons. The van der Waals surface area contributed by atoms with Gasteiger partial charge in [0.15, 0.2) is 0 Å². The van der Waals surface area contributed by atoms with Crippen LogP contribution in [0.4, 0.5) is 4.39 Å². The maximum absolute atomic E-state index is 13.0. The van der Waals surface area contributed by atoms with E-state index in [1.165, 1.54) is 23.4 Å². The Balaban J connectivity index is 2.18. The van der Waals surface area contributed by atoms with E-state index in [0.29, 0.717) is 6.04 Å². The van der Waals surface area contributed by atoms with E-state index < -0.39 is 0 Å². The zero-order chi connectivity index (χ0) is 14.5. The van der Waals surface area contributed by atoms with Crippen molar-refractivity contribution in [3.05, 3.63) is 65.2 Å². The number of rotatable bonds is 5. The first-order chi connectivity index (χ1) is 9.54. The van der Waals surface area contributed by atoms with Crippen molar-refractivity contribution in [2.45, 2.75) is 39.3 Å². The minimum atomic E-state index is -0.299. The van der Waals surface area contributed by atoms with Crippen molar-refractivity contribution in [2.24, 2.45) is 0 Å². The molecule has 1 unspecified atom stereocenters. The van der Waals surface area contributed by atoms with Crippen LogP contribution < -0.4 is 5.32 Å². The summed E-state index contributed by atoms with van der Waals surface area (Å²) in [4.78, 5) is 4.21. The van der Waals surface area contributed by atoms with E-state index in [0.717, 1.165) is 12.1 Å². The highest BCUT2D eigenvalue weighted by atomic mass is 19.1. The lowest BCUT2D eigenvalue weighted by Gasteiger charge is -2.21. The van der Waals surface area contributed by atoms with Crippen LogP contribution in [0, 0.1) is 12.7 Å². The first-order valence-electron chi connectivity index (χ1n) is 6.97. The largest absolute Gasteiger partial charge is 0.306 e. The van der Waals surface area contributed by atoms with E-state index in [9.17, 15) is 4.39 Å². The van der Waals surface area contributed by atoms with Gasteiger partial charge in [0, 0.05) is 6.04 Å². The highest BCUT2D eigenvalue weighted by Gasteiger charge is 2.14. The molecular formula is C17H21FN2. The average Bonchev–Trinajstić information content (AvgIpc) is 2.41. The summed E-state index contributed by atoms with van der Waals surface area (Å²) in [7, 11) is 0. The van der Waals surface area contributed by atoms with E-state index in [1.807, 2.05) is 0 Å². The average molecular weight is 272 g/mol. The maximum atomic E-state index is 13.0. The van der Waals surface area contributed by atoms with Gasteiger partial charge >= 0.3 is 0 Å². The van der Waals surface area contributed by atoms with Crippen LogP contribution in [0.1, 0.15) is 36.7 Å². The van der Waals surface area contributed by atoms with E-state index in [-0.39, 0.29) is 11.9 Å². The van der Waals surface area contributed by atoms with E-state index in [2.05, 4.69) is 55.3 Å². The molecule has 0 radical (unpaired) electrons. The van der Waals surface area contributed by atoms with Crippen LogP contribution in [0.3, 0.4) is 0 Å². The Bertz CT molecular complexity index is 532. The second kappa shape index (κ2) is 6.62. The minimum Gasteiger partial charge on any atom is -0.306 e. The molecule has 0 saturated carbocycles. The summed E-state index contributed by atoms with van der Waals surface area (Å²) in [5, 5.41) is 3.49. The summed E-state index contributed by atoms with van der Waals surface area (Å²) >= 11 is 0. The van der Waals surface area contributed by atoms with E-state index >= 15 is 0 Å². The molecule has 20 heavy (non-hydrogen) atoms. The maximum Gasteiger partial charge on any atom is 0.141 e. The fourth-order valence-corrected chi connectivity index (χ4v) is 2.20. The lowest BCUT2D eigenvalue weighted by Crippen LogP contribution is -2.30. The minimum absolute atomic E-state index is 0.0957. The number of aryl methyl sites for hydroxylation is 1. The molecule has 0 aliphatic heterocycles. The van der Waals surface area contributed by atoms with Gasteiger partial charge in [0.1, 0.15) is 5.82 Å². The predicted molar refractivity (Wildman–Crippen MR) is 80.1 cm³/mol. The van der Waals surface area contributed by atoms with Crippen LogP contribution in [0.15, 0.2) is 42.6 Å². The monoisotopic (exact) mass is 272 g/mol. The van der Waals surface area contributed by atoms with Crippen molar-refractivity contribution in [2.75, 3.05) is 0 Å². The number of benzene rings is 1. The van der Waals surface area contributed by atoms with Gasteiger partial charge < -0.3 is 5.32 Å². The van der Waals surface area contributed by atoms with Gasteiger partial charge in [-0.25, -0.2) is 4.39 Å². The molecule has 1 aromatic heterocycles. The van der Waals surface area contributed by atoms with Crippen molar-refractivity contribution in [3.63, 3.8) is 0 Å². The lowest BCUT2D eigenvalue weighted by molar-refractivity contribution is 0.464. The third-order valence-electron chi connectivity index (χ3n) is 3.20. The second-order valence-electron chi connectivity index (χ2n) is 5.46. The molecule has 1 aromatic carbocycles. The number of nitrogens with zero attached hydrogens (tertiary/aromatic N) is 1. The van der Waals surface area contributed by atoms with E-state index in [1.54, 1.807) is 6.07 Å². The van der Waals surface area contributed by atoms with E-state index in [4.69, 9.17) is 0 Å². The molecule has 1 N–H and O–H groups in total. The van der Waals surface area contributed by atoms with Crippen molar-refractivity contribution >= 4 is 0 Å². The lowest BCUT2D eigenvalue weighted by atomic mass is 10.0. The van der Waals surface area contributed by atoms with Gasteiger partial charge in [-0.05, 0) is 31.0 Å². The molecule has 1 atom stereocenters. The standard InChI is InChI=1S/C17H21FN2/c1-12(2)20-17(16-9-8-15(18)11-19-16)10-14-6-4-13(3)5-7-14/h4-9,11-12,17,20H,10H2,1-3H3. The summed E-state index contributed by atoms with van der Waals surface area (Å²) in [6.45, 7) is 6.28. The van der Waals surface area contributed by atoms with Crippen LogP contribution in [0.25, 0.3) is 0 Å². The Hall–Kier alpha value is -1.74. The van der Waals surface area contributed by atoms with Crippen molar-refractivity contribution in [1.29, 1.82) is 0 Å². The Morgan fingerprint density at radius 3 is 2.35 bits per heavy atom. The molecule has 0 amide bonds. The summed E-state index contributed by atoms with van der Waals surface area (Å²) in [6.07, 6.45) is 2.12. The topological polar surface area (TPSA) is 24.9 Å². The van der Waals surface area contributed by atoms with Gasteiger partial charge in [0.2, 0.25) is 0 Å². The molecule has 0 aliphatic rings. The van der Waals surface area contributed by atoms with Crippen LogP contribution in [-0.2, 0) is 6.42 Å². The van der Waals surface area contributed by atoms with Crippen LogP contribution >= 0.6 is 0 Å². The second-order valence-corrected chi connectivity index (χ2v) is 5.46. The van der Waals surface area contributed by atoms with Gasteiger partial charge in [-0.15, -0.1) is 0 Å². The van der Waals surface area contributed by atoms with Gasteiger partial charge in [-0.3, -0.25) is 4.98 Å². The molecule has 0 bridgehead atoms. The van der Waals surface area contributed by atoms with Crippen molar-refractivity contribution in [1.82, 2.24) is 10.3 Å². The Morgan fingerprint density at radius 1 is 1.10 bits per heavy atom. The number of pyridine rings is 1. The summed E-state index contributed by atoms with van der Waals surface area (Å²) in [6, 6.07) is 12.1. The summed E-state index contributed by atoms with van der Waals surface area (Å²) in [5.74, 6) is -0.299. The van der Waals surface area contributed by atoms with Crippen LogP contribution in [0.2, 0.25) is 0 Å². The number of hydrogen-bond acceptors (Lipinski definition) is 2. The zero-order valence-corrected chi connectivity index (χ0v) is 12.2. The van der Waals surface area contributed by atoms with Gasteiger partial charge in [-0.1, -0.05) is 43.7 Å². The summed E-state index contributed by atoms with van der Waals surface area (Å²) in [5.41, 5.74) is 3.38. The molecule has 3 heteroatoms. The highest BCUT2D eigenvalue weighted by molar-refractivity contribution is 5.24. The number of nitrogens with one attached hydrogen (secondary N) is 1. The van der Waals surface area contributed by atoms with Crippen LogP contribution in [-0.4, -0.2) is 11.0 Å². The first kappa shape index (κ1) is 14.7. The first-order valence-corrected chi connectivity index (χ1v) is 6.97. The zero-order valence-electron chi connectivity index (χ0n) is 12.2. The Labute approximate surface area is 120 Å². The molecule has 1 heterocycles. The smallest absolute Gasteiger partial charge is 0.141 e. The quantitative estimate of drug-likeness (QED) is 0.895. The molecule has 2 aromatic rings. The molecule has 2 rings (SSSR count). The van der Waals surface area contributed by atoms with Gasteiger partial charge in [0.25, 0.3) is 0 Å².